The normalized spacial score (nSPS) is 14.0. The zero-order chi connectivity index (χ0) is 14.9. The fourth-order valence-electron chi connectivity index (χ4n) is 2.86. The molecule has 4 nitrogen and oxygen atoms in total. The smallest absolute Gasteiger partial charge is 0.226 e. The maximum absolute atomic E-state index is 5.93. The predicted molar refractivity (Wildman–Crippen MR) is 85.7 cm³/mol. The predicted octanol–water partition coefficient (Wildman–Crippen LogP) is 3.61. The minimum absolute atomic E-state index is 0.693. The Kier molecular flexibility index (Phi) is 3.15. The van der Waals surface area contributed by atoms with E-state index in [0.717, 1.165) is 36.5 Å². The van der Waals surface area contributed by atoms with E-state index in [1.54, 1.807) is 12.4 Å². The minimum Gasteiger partial charge on any atom is -0.441 e. The van der Waals surface area contributed by atoms with Crippen molar-refractivity contribution in [1.29, 1.82) is 0 Å². The lowest BCUT2D eigenvalue weighted by Crippen LogP contribution is -2.30. The van der Waals surface area contributed by atoms with Gasteiger partial charge in [-0.15, -0.1) is 0 Å². The zero-order valence-corrected chi connectivity index (χ0v) is 12.5. The highest BCUT2D eigenvalue weighted by Crippen LogP contribution is 2.28. The molecule has 0 aliphatic carbocycles. The summed E-state index contributed by atoms with van der Waals surface area (Å²) < 4.78 is 5.93. The van der Waals surface area contributed by atoms with Gasteiger partial charge in [0.15, 0.2) is 0 Å². The Morgan fingerprint density at radius 2 is 2.00 bits per heavy atom. The van der Waals surface area contributed by atoms with Crippen LogP contribution in [0.5, 0.6) is 0 Å². The van der Waals surface area contributed by atoms with Gasteiger partial charge in [-0.1, -0.05) is 12.1 Å². The maximum atomic E-state index is 5.93. The Bertz CT molecular complexity index is 795. The van der Waals surface area contributed by atoms with E-state index in [9.17, 15) is 0 Å². The van der Waals surface area contributed by atoms with Gasteiger partial charge in [-0.2, -0.15) is 0 Å². The number of aromatic nitrogens is 2. The molecule has 0 saturated carbocycles. The summed E-state index contributed by atoms with van der Waals surface area (Å²) in [7, 11) is 0. The van der Waals surface area contributed by atoms with Crippen LogP contribution in [0.2, 0.25) is 0 Å². The average molecular weight is 291 g/mol. The summed E-state index contributed by atoms with van der Waals surface area (Å²) in [6, 6.07) is 12.4. The van der Waals surface area contributed by atoms with E-state index < -0.39 is 0 Å². The molecule has 22 heavy (non-hydrogen) atoms. The number of anilines is 1. The third kappa shape index (κ3) is 2.37. The van der Waals surface area contributed by atoms with E-state index in [1.165, 1.54) is 11.3 Å². The number of oxazole rings is 1. The molecule has 4 rings (SSSR count). The lowest BCUT2D eigenvalue weighted by Gasteiger charge is -2.27. The molecule has 0 saturated heterocycles. The van der Waals surface area contributed by atoms with Crippen molar-refractivity contribution >= 4 is 5.69 Å². The third-order valence-corrected chi connectivity index (χ3v) is 4.02. The zero-order valence-electron chi connectivity index (χ0n) is 12.5. The molecule has 0 spiro atoms. The van der Waals surface area contributed by atoms with E-state index >= 15 is 0 Å². The van der Waals surface area contributed by atoms with Crippen molar-refractivity contribution in [3.05, 3.63) is 65.8 Å². The first kappa shape index (κ1) is 13.1. The highest BCUT2D eigenvalue weighted by molar-refractivity contribution is 5.54. The van der Waals surface area contributed by atoms with Crippen LogP contribution in [-0.2, 0) is 13.0 Å². The molecule has 0 unspecified atom stereocenters. The van der Waals surface area contributed by atoms with Gasteiger partial charge in [-0.25, -0.2) is 4.98 Å². The van der Waals surface area contributed by atoms with Gasteiger partial charge in [0.25, 0.3) is 0 Å². The molecule has 0 atom stereocenters. The Morgan fingerprint density at radius 3 is 2.82 bits per heavy atom. The van der Waals surface area contributed by atoms with Gasteiger partial charge in [-0.3, -0.25) is 4.98 Å². The van der Waals surface area contributed by atoms with E-state index in [4.69, 9.17) is 4.42 Å². The van der Waals surface area contributed by atoms with E-state index in [2.05, 4.69) is 46.1 Å². The fraction of sp³-hybridized carbons (Fsp3) is 0.222. The van der Waals surface area contributed by atoms with Gasteiger partial charge in [0, 0.05) is 36.6 Å². The molecular formula is C18H17N3O. The standard InChI is InChI=1S/C18H17N3O/c1-13-3-2-4-15(11-13)21-10-7-17-16(12-21)20-18(22-17)14-5-8-19-9-6-14/h2-6,8-9,11H,7,10,12H2,1H3. The molecule has 1 aliphatic rings. The second kappa shape index (κ2) is 5.30. The number of pyridine rings is 1. The number of fused-ring (bicyclic) bond motifs is 1. The Hall–Kier alpha value is -2.62. The van der Waals surface area contributed by atoms with Gasteiger partial charge in [0.1, 0.15) is 11.5 Å². The quantitative estimate of drug-likeness (QED) is 0.723. The molecule has 0 N–H and O–H groups in total. The van der Waals surface area contributed by atoms with Crippen molar-refractivity contribution in [3.63, 3.8) is 0 Å². The molecule has 1 aliphatic heterocycles. The van der Waals surface area contributed by atoms with Crippen molar-refractivity contribution in [2.24, 2.45) is 0 Å². The summed E-state index contributed by atoms with van der Waals surface area (Å²) in [5, 5.41) is 0. The number of hydrogen-bond acceptors (Lipinski definition) is 4. The van der Waals surface area contributed by atoms with E-state index in [-0.39, 0.29) is 0 Å². The van der Waals surface area contributed by atoms with Crippen molar-refractivity contribution in [1.82, 2.24) is 9.97 Å². The summed E-state index contributed by atoms with van der Waals surface area (Å²) in [4.78, 5) is 11.1. The molecule has 4 heteroatoms. The van der Waals surface area contributed by atoms with Crippen molar-refractivity contribution in [3.8, 4) is 11.5 Å². The summed E-state index contributed by atoms with van der Waals surface area (Å²) >= 11 is 0. The molecule has 2 aromatic heterocycles. The molecule has 3 aromatic rings. The largest absolute Gasteiger partial charge is 0.441 e. The molecule has 0 bridgehead atoms. The molecule has 0 amide bonds. The van der Waals surface area contributed by atoms with Crippen molar-refractivity contribution in [2.75, 3.05) is 11.4 Å². The lowest BCUT2D eigenvalue weighted by atomic mass is 10.1. The van der Waals surface area contributed by atoms with Gasteiger partial charge < -0.3 is 9.32 Å². The number of nitrogens with zero attached hydrogens (tertiary/aromatic N) is 3. The van der Waals surface area contributed by atoms with Crippen LogP contribution in [0.15, 0.2) is 53.2 Å². The molecule has 1 aromatic carbocycles. The first-order valence-electron chi connectivity index (χ1n) is 7.50. The molecular weight excluding hydrogens is 274 g/mol. The topological polar surface area (TPSA) is 42.2 Å². The summed E-state index contributed by atoms with van der Waals surface area (Å²) in [5.74, 6) is 1.70. The van der Waals surface area contributed by atoms with Crippen LogP contribution >= 0.6 is 0 Å². The van der Waals surface area contributed by atoms with Crippen molar-refractivity contribution in [2.45, 2.75) is 19.9 Å². The van der Waals surface area contributed by atoms with Crippen LogP contribution in [0.4, 0.5) is 5.69 Å². The summed E-state index contributed by atoms with van der Waals surface area (Å²) in [5.41, 5.74) is 4.55. The Balaban J connectivity index is 1.63. The lowest BCUT2D eigenvalue weighted by molar-refractivity contribution is 0.499. The highest BCUT2D eigenvalue weighted by atomic mass is 16.4. The SMILES string of the molecule is Cc1cccc(N2CCc3oc(-c4ccncc4)nc3C2)c1. The first-order valence-corrected chi connectivity index (χ1v) is 7.50. The Labute approximate surface area is 129 Å². The highest BCUT2D eigenvalue weighted by Gasteiger charge is 2.23. The van der Waals surface area contributed by atoms with Gasteiger partial charge in [-0.05, 0) is 36.8 Å². The number of benzene rings is 1. The third-order valence-electron chi connectivity index (χ3n) is 4.02. The van der Waals surface area contributed by atoms with Crippen LogP contribution in [0.25, 0.3) is 11.5 Å². The first-order chi connectivity index (χ1) is 10.8. The van der Waals surface area contributed by atoms with Crippen LogP contribution in [0, 0.1) is 6.92 Å². The van der Waals surface area contributed by atoms with Crippen LogP contribution in [-0.4, -0.2) is 16.5 Å². The summed E-state index contributed by atoms with van der Waals surface area (Å²) in [6.45, 7) is 3.88. The van der Waals surface area contributed by atoms with Crippen LogP contribution in [0.3, 0.4) is 0 Å². The molecule has 0 fully saturated rings. The van der Waals surface area contributed by atoms with Crippen LogP contribution in [0.1, 0.15) is 17.0 Å². The molecule has 0 radical (unpaired) electrons. The van der Waals surface area contributed by atoms with E-state index in [1.807, 2.05) is 12.1 Å². The van der Waals surface area contributed by atoms with Crippen molar-refractivity contribution < 1.29 is 4.42 Å². The number of aryl methyl sites for hydroxylation is 1. The second-order valence-electron chi connectivity index (χ2n) is 5.64. The fourth-order valence-corrected chi connectivity index (χ4v) is 2.86. The summed E-state index contributed by atoms with van der Waals surface area (Å²) in [6.07, 6.45) is 4.41. The van der Waals surface area contributed by atoms with Gasteiger partial charge >= 0.3 is 0 Å². The van der Waals surface area contributed by atoms with Gasteiger partial charge in [0.05, 0.1) is 6.54 Å². The number of hydrogen-bond donors (Lipinski definition) is 0. The second-order valence-corrected chi connectivity index (χ2v) is 5.64. The number of rotatable bonds is 2. The van der Waals surface area contributed by atoms with Crippen LogP contribution < -0.4 is 4.90 Å². The maximum Gasteiger partial charge on any atom is 0.226 e. The van der Waals surface area contributed by atoms with E-state index in [0.29, 0.717) is 5.89 Å². The monoisotopic (exact) mass is 291 g/mol. The minimum atomic E-state index is 0.693. The Morgan fingerprint density at radius 1 is 1.14 bits per heavy atom. The van der Waals surface area contributed by atoms with Gasteiger partial charge in [0.2, 0.25) is 5.89 Å². The molecule has 110 valence electrons. The molecule has 3 heterocycles. The average Bonchev–Trinajstić information content (AvgIpc) is 2.99.